The van der Waals surface area contributed by atoms with Crippen LogP contribution in [0.4, 0.5) is 0 Å². The number of hydrogen-bond acceptors (Lipinski definition) is 6. The van der Waals surface area contributed by atoms with Crippen molar-refractivity contribution >= 4 is 34.0 Å². The Morgan fingerprint density at radius 3 is 2.83 bits per heavy atom. The average Bonchev–Trinajstić information content (AvgIpc) is 2.58. The fourth-order valence-electron chi connectivity index (χ4n) is 2.07. The van der Waals surface area contributed by atoms with Gasteiger partial charge >= 0.3 is 11.8 Å². The van der Waals surface area contributed by atoms with Crippen molar-refractivity contribution in [2.45, 2.75) is 0 Å². The van der Waals surface area contributed by atoms with Crippen LogP contribution in [-0.4, -0.2) is 67.4 Å². The maximum absolute atomic E-state index is 11.7. The van der Waals surface area contributed by atoms with Crippen LogP contribution < -0.4 is 10.7 Å². The zero-order valence-corrected chi connectivity index (χ0v) is 14.6. The van der Waals surface area contributed by atoms with E-state index in [0.29, 0.717) is 31.9 Å². The van der Waals surface area contributed by atoms with Crippen molar-refractivity contribution in [3.63, 3.8) is 0 Å². The Hall–Kier alpha value is -1.97. The first-order valence-electron chi connectivity index (χ1n) is 7.46. The molecule has 0 unspecified atom stereocenters. The normalized spacial score (nSPS) is 15.4. The van der Waals surface area contributed by atoms with Crippen LogP contribution in [0.5, 0.6) is 5.75 Å². The number of halogens is 1. The van der Waals surface area contributed by atoms with Crippen LogP contribution in [-0.2, 0) is 14.3 Å². The highest BCUT2D eigenvalue weighted by Gasteiger charge is 2.14. The Kier molecular flexibility index (Phi) is 7.16. The smallest absolute Gasteiger partial charge is 0.329 e. The minimum absolute atomic E-state index is 0.0196. The van der Waals surface area contributed by atoms with Gasteiger partial charge in [0, 0.05) is 36.2 Å². The van der Waals surface area contributed by atoms with Crippen LogP contribution in [0.25, 0.3) is 0 Å². The summed E-state index contributed by atoms with van der Waals surface area (Å²) >= 11 is 3.27. The molecule has 0 bridgehead atoms. The molecule has 3 N–H and O–H groups in total. The minimum Gasteiger partial charge on any atom is -0.507 e. The highest BCUT2D eigenvalue weighted by molar-refractivity contribution is 9.10. The van der Waals surface area contributed by atoms with E-state index in [4.69, 9.17) is 4.74 Å². The van der Waals surface area contributed by atoms with E-state index in [1.807, 2.05) is 0 Å². The fourth-order valence-corrected chi connectivity index (χ4v) is 2.45. The molecule has 130 valence electrons. The number of amides is 2. The zero-order chi connectivity index (χ0) is 17.4. The van der Waals surface area contributed by atoms with Crippen LogP contribution >= 0.6 is 15.9 Å². The molecule has 2 rings (SSSR count). The number of hydrogen-bond donors (Lipinski definition) is 3. The van der Waals surface area contributed by atoms with Gasteiger partial charge in [0.25, 0.3) is 0 Å². The maximum Gasteiger partial charge on any atom is 0.329 e. The summed E-state index contributed by atoms with van der Waals surface area (Å²) in [5.41, 5.74) is 2.54. The maximum atomic E-state index is 11.7. The minimum atomic E-state index is -0.859. The van der Waals surface area contributed by atoms with Crippen molar-refractivity contribution in [2.24, 2.45) is 5.10 Å². The first kappa shape index (κ1) is 18.4. The lowest BCUT2D eigenvalue weighted by atomic mass is 10.2. The van der Waals surface area contributed by atoms with Gasteiger partial charge in [0.15, 0.2) is 0 Å². The third kappa shape index (κ3) is 5.91. The summed E-state index contributed by atoms with van der Waals surface area (Å²) in [5, 5.41) is 15.8. The molecule has 0 atom stereocenters. The molecule has 0 aliphatic carbocycles. The van der Waals surface area contributed by atoms with Crippen molar-refractivity contribution in [1.29, 1.82) is 0 Å². The van der Waals surface area contributed by atoms with Crippen LogP contribution in [0, 0.1) is 0 Å². The van der Waals surface area contributed by atoms with Gasteiger partial charge < -0.3 is 15.2 Å². The molecule has 0 aromatic heterocycles. The van der Waals surface area contributed by atoms with E-state index in [1.165, 1.54) is 12.3 Å². The van der Waals surface area contributed by atoms with Gasteiger partial charge in [0.05, 0.1) is 19.4 Å². The predicted octanol–water partition coefficient (Wildman–Crippen LogP) is 0.0532. The largest absolute Gasteiger partial charge is 0.507 e. The summed E-state index contributed by atoms with van der Waals surface area (Å²) in [6.45, 7) is 4.06. The lowest BCUT2D eigenvalue weighted by molar-refractivity contribution is -0.139. The van der Waals surface area contributed by atoms with Gasteiger partial charge in [-0.25, -0.2) is 5.43 Å². The lowest BCUT2D eigenvalue weighted by Gasteiger charge is -2.26. The Labute approximate surface area is 148 Å². The number of phenols is 1. The topological polar surface area (TPSA) is 103 Å². The number of phenolic OH excluding ortho intramolecular Hbond substituents is 1. The molecule has 2 amide bonds. The van der Waals surface area contributed by atoms with E-state index >= 15 is 0 Å². The lowest BCUT2D eigenvalue weighted by Crippen LogP contribution is -2.44. The van der Waals surface area contributed by atoms with Crippen molar-refractivity contribution < 1.29 is 19.4 Å². The average molecular weight is 399 g/mol. The SMILES string of the molecule is O=C(NCCN1CCOCC1)C(=O)N/N=C\c1cc(Br)ccc1O. The molecule has 1 aliphatic rings. The number of ether oxygens (including phenoxy) is 1. The predicted molar refractivity (Wildman–Crippen MR) is 91.8 cm³/mol. The first-order chi connectivity index (χ1) is 11.6. The summed E-state index contributed by atoms with van der Waals surface area (Å²) in [6.07, 6.45) is 1.26. The molecule has 8 nitrogen and oxygen atoms in total. The summed E-state index contributed by atoms with van der Waals surface area (Å²) in [4.78, 5) is 25.4. The van der Waals surface area contributed by atoms with Gasteiger partial charge in [-0.05, 0) is 18.2 Å². The Balaban J connectivity index is 1.72. The second kappa shape index (κ2) is 9.36. The van der Waals surface area contributed by atoms with Gasteiger partial charge in [-0.15, -0.1) is 0 Å². The Morgan fingerprint density at radius 1 is 1.33 bits per heavy atom. The molecule has 1 fully saturated rings. The summed E-state index contributed by atoms with van der Waals surface area (Å²) in [7, 11) is 0. The van der Waals surface area contributed by atoms with E-state index in [0.717, 1.165) is 17.6 Å². The quantitative estimate of drug-likeness (QED) is 0.369. The van der Waals surface area contributed by atoms with E-state index in [1.54, 1.807) is 12.1 Å². The summed E-state index contributed by atoms with van der Waals surface area (Å²) in [5.74, 6) is -1.59. The highest BCUT2D eigenvalue weighted by Crippen LogP contribution is 2.19. The second-order valence-corrected chi connectivity index (χ2v) is 6.03. The molecule has 1 heterocycles. The molecule has 0 saturated carbocycles. The number of carbonyl (C=O) groups excluding carboxylic acids is 2. The van der Waals surface area contributed by atoms with Crippen LogP contribution in [0.1, 0.15) is 5.56 Å². The first-order valence-corrected chi connectivity index (χ1v) is 8.25. The van der Waals surface area contributed by atoms with Crippen molar-refractivity contribution in [3.8, 4) is 5.75 Å². The van der Waals surface area contributed by atoms with Crippen molar-refractivity contribution in [1.82, 2.24) is 15.6 Å². The number of rotatable bonds is 5. The standard InChI is InChI=1S/C15H19BrN4O4/c16-12-1-2-13(21)11(9-12)10-18-19-15(23)14(22)17-3-4-20-5-7-24-8-6-20/h1-2,9-10,21H,3-8H2,(H,17,22)(H,19,23)/b18-10-. The molecule has 1 aromatic rings. The number of carbonyl (C=O) groups is 2. The van der Waals surface area contributed by atoms with Crippen LogP contribution in [0.15, 0.2) is 27.8 Å². The number of morpholine rings is 1. The summed E-state index contributed by atoms with van der Waals surface area (Å²) in [6, 6.07) is 4.80. The number of benzene rings is 1. The molecule has 1 saturated heterocycles. The van der Waals surface area contributed by atoms with Crippen molar-refractivity contribution in [2.75, 3.05) is 39.4 Å². The molecular weight excluding hydrogens is 380 g/mol. The zero-order valence-electron chi connectivity index (χ0n) is 13.0. The Morgan fingerprint density at radius 2 is 2.08 bits per heavy atom. The third-order valence-corrected chi connectivity index (χ3v) is 3.88. The highest BCUT2D eigenvalue weighted by atomic mass is 79.9. The number of aromatic hydroxyl groups is 1. The van der Waals surface area contributed by atoms with Gasteiger partial charge in [-0.2, -0.15) is 5.10 Å². The number of nitrogens with one attached hydrogen (secondary N) is 2. The molecule has 1 aromatic carbocycles. The number of nitrogens with zero attached hydrogens (tertiary/aromatic N) is 2. The van der Waals surface area contributed by atoms with E-state index in [2.05, 4.69) is 36.7 Å². The van der Waals surface area contributed by atoms with E-state index in [-0.39, 0.29) is 5.75 Å². The third-order valence-electron chi connectivity index (χ3n) is 3.38. The van der Waals surface area contributed by atoms with Gasteiger partial charge in [-0.3, -0.25) is 14.5 Å². The Bertz CT molecular complexity index is 617. The van der Waals surface area contributed by atoms with Gasteiger partial charge in [0.1, 0.15) is 5.75 Å². The van der Waals surface area contributed by atoms with Crippen LogP contribution in [0.3, 0.4) is 0 Å². The number of hydrazone groups is 1. The summed E-state index contributed by atoms with van der Waals surface area (Å²) < 4.78 is 5.99. The molecule has 0 radical (unpaired) electrons. The fraction of sp³-hybridized carbons (Fsp3) is 0.400. The van der Waals surface area contributed by atoms with Gasteiger partial charge in [-0.1, -0.05) is 15.9 Å². The molecule has 24 heavy (non-hydrogen) atoms. The molecule has 0 spiro atoms. The molecule has 1 aliphatic heterocycles. The van der Waals surface area contributed by atoms with E-state index < -0.39 is 11.8 Å². The molecule has 9 heteroatoms. The molecular formula is C15H19BrN4O4. The van der Waals surface area contributed by atoms with E-state index in [9.17, 15) is 14.7 Å². The van der Waals surface area contributed by atoms with Gasteiger partial charge in [0.2, 0.25) is 0 Å². The van der Waals surface area contributed by atoms with Crippen molar-refractivity contribution in [3.05, 3.63) is 28.2 Å². The monoisotopic (exact) mass is 398 g/mol. The van der Waals surface area contributed by atoms with Crippen LogP contribution in [0.2, 0.25) is 0 Å². The second-order valence-electron chi connectivity index (χ2n) is 5.11.